The lowest BCUT2D eigenvalue weighted by atomic mass is 9.32. The minimum absolute atomic E-state index is 0.287. The van der Waals surface area contributed by atoms with Gasteiger partial charge in [0.1, 0.15) is 0 Å². The maximum absolute atomic E-state index is 6.73. The van der Waals surface area contributed by atoms with Gasteiger partial charge >= 0.3 is 0 Å². The maximum Gasteiger partial charge on any atom is 0.00933 e. The zero-order valence-corrected chi connectivity index (χ0v) is 22.5. The molecule has 182 valence electrons. The molecule has 0 saturated heterocycles. The lowest BCUT2D eigenvalue weighted by Gasteiger charge is -2.73. The molecular formula is C31H53N. The summed E-state index contributed by atoms with van der Waals surface area (Å²) < 4.78 is 0. The third-order valence-corrected chi connectivity index (χ3v) is 13.7. The van der Waals surface area contributed by atoms with Gasteiger partial charge in [0.2, 0.25) is 0 Å². The molecule has 10 atom stereocenters. The van der Waals surface area contributed by atoms with Crippen LogP contribution in [-0.4, -0.2) is 6.04 Å². The minimum Gasteiger partial charge on any atom is -0.327 e. The number of hydrogen-bond donors (Lipinski definition) is 1. The van der Waals surface area contributed by atoms with Gasteiger partial charge in [-0.1, -0.05) is 47.1 Å². The van der Waals surface area contributed by atoms with Crippen LogP contribution in [0.25, 0.3) is 0 Å². The molecule has 5 saturated carbocycles. The molecule has 1 heteroatoms. The molecule has 32 heavy (non-hydrogen) atoms. The van der Waals surface area contributed by atoms with E-state index >= 15 is 0 Å². The van der Waals surface area contributed by atoms with Crippen LogP contribution < -0.4 is 5.73 Å². The summed E-state index contributed by atoms with van der Waals surface area (Å²) in [5, 5.41) is 0. The molecule has 0 amide bonds. The van der Waals surface area contributed by atoms with E-state index in [0.29, 0.717) is 27.7 Å². The van der Waals surface area contributed by atoms with Crippen LogP contribution in [0.1, 0.15) is 119 Å². The molecule has 0 aromatic rings. The average Bonchev–Trinajstić information content (AvgIpc) is 3.02. The molecule has 0 bridgehead atoms. The Morgan fingerprint density at radius 2 is 1.50 bits per heavy atom. The first-order chi connectivity index (χ1) is 14.8. The van der Waals surface area contributed by atoms with Crippen LogP contribution in [0, 0.1) is 56.7 Å². The van der Waals surface area contributed by atoms with Gasteiger partial charge in [0, 0.05) is 6.04 Å². The summed E-state index contributed by atoms with van der Waals surface area (Å²) in [6.45, 7) is 22.6. The van der Waals surface area contributed by atoms with Crippen LogP contribution in [0.3, 0.4) is 0 Å². The number of hydrogen-bond acceptors (Lipinski definition) is 1. The Hall–Kier alpha value is -0.300. The van der Waals surface area contributed by atoms with E-state index < -0.39 is 0 Å². The van der Waals surface area contributed by atoms with Crippen molar-refractivity contribution in [3.63, 3.8) is 0 Å². The fourth-order valence-electron chi connectivity index (χ4n) is 11.8. The van der Waals surface area contributed by atoms with Gasteiger partial charge in [-0.3, -0.25) is 0 Å². The van der Waals surface area contributed by atoms with Crippen molar-refractivity contribution in [2.24, 2.45) is 62.4 Å². The molecule has 0 radical (unpaired) electrons. The van der Waals surface area contributed by atoms with Gasteiger partial charge in [0.25, 0.3) is 0 Å². The molecule has 0 aromatic heterocycles. The van der Waals surface area contributed by atoms with E-state index in [4.69, 9.17) is 5.73 Å². The number of allylic oxidation sites excluding steroid dienone is 1. The molecule has 1 nitrogen and oxygen atoms in total. The van der Waals surface area contributed by atoms with E-state index in [-0.39, 0.29) is 5.41 Å². The standard InChI is InChI=1S/C31H53N/c1-20(2)19-21-11-14-28(5)17-18-30(7)22(26(21)28)9-10-24-29(6)15-13-25(32)27(3,4)23(29)12-16-31(24,30)8/h21-26H,1,9-19,32H2,2-8H3/t21-,22?,23?,24?,25+,26?,28+,29-,30+,31+/m0/s1. The molecule has 2 N–H and O–H groups in total. The van der Waals surface area contributed by atoms with Crippen LogP contribution in [-0.2, 0) is 0 Å². The van der Waals surface area contributed by atoms with Crippen molar-refractivity contribution in [2.75, 3.05) is 0 Å². The quantitative estimate of drug-likeness (QED) is 0.429. The van der Waals surface area contributed by atoms with Crippen LogP contribution >= 0.6 is 0 Å². The molecule has 4 unspecified atom stereocenters. The molecule has 5 fully saturated rings. The van der Waals surface area contributed by atoms with Crippen molar-refractivity contribution < 1.29 is 0 Å². The predicted molar refractivity (Wildman–Crippen MR) is 137 cm³/mol. The summed E-state index contributed by atoms with van der Waals surface area (Å²) >= 11 is 0. The number of nitrogens with two attached hydrogens (primary N) is 1. The summed E-state index contributed by atoms with van der Waals surface area (Å²) in [6, 6.07) is 0.383. The smallest absolute Gasteiger partial charge is 0.00933 e. The molecule has 0 aromatic carbocycles. The highest BCUT2D eigenvalue weighted by Crippen LogP contribution is 2.77. The normalized spacial score (nSPS) is 56.5. The summed E-state index contributed by atoms with van der Waals surface area (Å²) in [4.78, 5) is 0. The Morgan fingerprint density at radius 3 is 2.19 bits per heavy atom. The van der Waals surface area contributed by atoms with Gasteiger partial charge in [-0.25, -0.2) is 0 Å². The Kier molecular flexibility index (Phi) is 5.21. The maximum atomic E-state index is 6.73. The predicted octanol–water partition coefficient (Wildman–Crippen LogP) is 8.38. The van der Waals surface area contributed by atoms with Gasteiger partial charge in [-0.15, -0.1) is 6.58 Å². The van der Waals surface area contributed by atoms with Crippen LogP contribution in [0.4, 0.5) is 0 Å². The second-order valence-electron chi connectivity index (χ2n) is 15.3. The fraction of sp³-hybridized carbons (Fsp3) is 0.935. The molecule has 0 spiro atoms. The second kappa shape index (κ2) is 7.11. The third-order valence-electron chi connectivity index (χ3n) is 13.7. The molecule has 5 aliphatic rings. The van der Waals surface area contributed by atoms with E-state index in [9.17, 15) is 0 Å². The van der Waals surface area contributed by atoms with Crippen LogP contribution in [0.5, 0.6) is 0 Å². The average molecular weight is 440 g/mol. The highest BCUT2D eigenvalue weighted by atomic mass is 14.8. The number of rotatable bonds is 2. The van der Waals surface area contributed by atoms with Crippen molar-refractivity contribution in [3.05, 3.63) is 12.2 Å². The fourth-order valence-corrected chi connectivity index (χ4v) is 11.8. The highest BCUT2D eigenvalue weighted by Gasteiger charge is 2.70. The largest absolute Gasteiger partial charge is 0.327 e. The first-order valence-electron chi connectivity index (χ1n) is 14.2. The van der Waals surface area contributed by atoms with E-state index in [0.717, 1.165) is 29.6 Å². The molecule has 5 aliphatic carbocycles. The minimum atomic E-state index is 0.287. The Bertz CT molecular complexity index is 781. The van der Waals surface area contributed by atoms with Crippen molar-refractivity contribution in [1.29, 1.82) is 0 Å². The molecule has 5 rings (SSSR count). The van der Waals surface area contributed by atoms with Gasteiger partial charge in [0.05, 0.1) is 0 Å². The monoisotopic (exact) mass is 439 g/mol. The Balaban J connectivity index is 1.52. The van der Waals surface area contributed by atoms with Crippen molar-refractivity contribution in [2.45, 2.75) is 125 Å². The Labute approximate surface area is 199 Å². The topological polar surface area (TPSA) is 26.0 Å². The van der Waals surface area contributed by atoms with E-state index in [1.807, 2.05) is 0 Å². The second-order valence-corrected chi connectivity index (χ2v) is 15.3. The summed E-state index contributed by atoms with van der Waals surface area (Å²) in [5.74, 6) is 4.42. The van der Waals surface area contributed by atoms with Gasteiger partial charge in [0.15, 0.2) is 0 Å². The lowest BCUT2D eigenvalue weighted by molar-refractivity contribution is -0.237. The van der Waals surface area contributed by atoms with Crippen molar-refractivity contribution in [3.8, 4) is 0 Å². The van der Waals surface area contributed by atoms with Crippen molar-refractivity contribution >= 4 is 0 Å². The zero-order valence-electron chi connectivity index (χ0n) is 22.5. The molecular weight excluding hydrogens is 386 g/mol. The first-order valence-corrected chi connectivity index (χ1v) is 14.2. The van der Waals surface area contributed by atoms with Crippen LogP contribution in [0.2, 0.25) is 0 Å². The SMILES string of the molecule is C=C(C)C[C@@H]1CC[C@]2(C)CC[C@]3(C)C(CCC4[C@@]5(C)CC[C@@H](N)C(C)(C)C5CC[C@]43C)C12. The van der Waals surface area contributed by atoms with Gasteiger partial charge in [-0.2, -0.15) is 0 Å². The van der Waals surface area contributed by atoms with E-state index in [1.54, 1.807) is 0 Å². The lowest BCUT2D eigenvalue weighted by Crippen LogP contribution is -2.67. The summed E-state index contributed by atoms with van der Waals surface area (Å²) in [6.07, 6.45) is 15.5. The first kappa shape index (κ1) is 23.4. The zero-order chi connectivity index (χ0) is 23.3. The van der Waals surface area contributed by atoms with Gasteiger partial charge < -0.3 is 5.73 Å². The van der Waals surface area contributed by atoms with Gasteiger partial charge in [-0.05, 0) is 134 Å². The van der Waals surface area contributed by atoms with E-state index in [2.05, 4.69) is 55.0 Å². The van der Waals surface area contributed by atoms with Crippen molar-refractivity contribution in [1.82, 2.24) is 0 Å². The Morgan fingerprint density at radius 1 is 0.781 bits per heavy atom. The highest BCUT2D eigenvalue weighted by molar-refractivity contribution is 5.19. The van der Waals surface area contributed by atoms with E-state index in [1.165, 1.54) is 76.2 Å². The third kappa shape index (κ3) is 2.85. The summed E-state index contributed by atoms with van der Waals surface area (Å²) in [5.41, 5.74) is 10.5. The summed E-state index contributed by atoms with van der Waals surface area (Å²) in [7, 11) is 0. The van der Waals surface area contributed by atoms with Crippen LogP contribution in [0.15, 0.2) is 12.2 Å². The molecule has 0 heterocycles. The number of fused-ring (bicyclic) bond motifs is 7. The molecule has 0 aliphatic heterocycles.